The third-order valence-electron chi connectivity index (χ3n) is 3.97. The average Bonchev–Trinajstić information content (AvgIpc) is 2.60. The van der Waals surface area contributed by atoms with E-state index in [0.29, 0.717) is 5.56 Å². The quantitative estimate of drug-likeness (QED) is 0.751. The minimum atomic E-state index is -4.62. The van der Waals surface area contributed by atoms with Gasteiger partial charge in [0, 0.05) is 29.9 Å². The highest BCUT2D eigenvalue weighted by Gasteiger charge is 2.51. The summed E-state index contributed by atoms with van der Waals surface area (Å²) in [4.78, 5) is 37.9. The Labute approximate surface area is 149 Å². The fourth-order valence-corrected chi connectivity index (χ4v) is 3.07. The van der Waals surface area contributed by atoms with Crippen LogP contribution in [0.5, 0.6) is 0 Å². The second-order valence-corrected chi connectivity index (χ2v) is 7.64. The Balaban J connectivity index is 0.000000228. The molecule has 0 bridgehead atoms. The van der Waals surface area contributed by atoms with Gasteiger partial charge in [0.15, 0.2) is 16.3 Å². The number of pyridine rings is 1. The molecule has 1 aliphatic rings. The Morgan fingerprint density at radius 1 is 1.15 bits per heavy atom. The second kappa shape index (κ2) is 7.14. The van der Waals surface area contributed by atoms with E-state index in [2.05, 4.69) is 4.98 Å². The van der Waals surface area contributed by atoms with E-state index in [9.17, 15) is 22.8 Å². The number of rotatable bonds is 2. The van der Waals surface area contributed by atoms with Crippen LogP contribution in [0.25, 0.3) is 0 Å². The van der Waals surface area contributed by atoms with Gasteiger partial charge in [-0.05, 0) is 19.1 Å². The molecule has 1 aromatic carbocycles. The number of carbonyl (C=O) groups is 3. The molecule has 0 saturated heterocycles. The van der Waals surface area contributed by atoms with Gasteiger partial charge in [0.2, 0.25) is 5.91 Å². The molecule has 0 aliphatic heterocycles. The van der Waals surface area contributed by atoms with E-state index in [1.165, 1.54) is 18.3 Å². The van der Waals surface area contributed by atoms with Gasteiger partial charge in [-0.3, -0.25) is 23.9 Å². The van der Waals surface area contributed by atoms with Crippen LogP contribution >= 0.6 is 0 Å². The van der Waals surface area contributed by atoms with Crippen molar-refractivity contribution in [2.45, 2.75) is 18.1 Å². The molecular weight excluding hydrogens is 360 g/mol. The van der Waals surface area contributed by atoms with Gasteiger partial charge in [-0.1, -0.05) is 24.3 Å². The van der Waals surface area contributed by atoms with Gasteiger partial charge >= 0.3 is 0 Å². The third-order valence-corrected chi connectivity index (χ3v) is 5.43. The number of nitrogens with zero attached hydrogens (tertiary/aromatic N) is 1. The van der Waals surface area contributed by atoms with Crippen molar-refractivity contribution in [2.24, 2.45) is 5.73 Å². The molecule has 0 spiro atoms. The molecule has 1 unspecified atom stereocenters. The van der Waals surface area contributed by atoms with E-state index in [1.54, 1.807) is 30.5 Å². The Kier molecular flexibility index (Phi) is 5.33. The summed E-state index contributed by atoms with van der Waals surface area (Å²) in [6.45, 7) is 1.07. The Bertz CT molecular complexity index is 972. The molecule has 1 amide bonds. The molecule has 26 heavy (non-hydrogen) atoms. The first-order valence-electron chi connectivity index (χ1n) is 7.42. The van der Waals surface area contributed by atoms with E-state index in [0.717, 1.165) is 6.92 Å². The van der Waals surface area contributed by atoms with Gasteiger partial charge in [0.1, 0.15) is 0 Å². The molecule has 1 atom stereocenters. The van der Waals surface area contributed by atoms with Crippen LogP contribution in [0, 0.1) is 0 Å². The fraction of sp³-hybridized carbons (Fsp3) is 0.176. The molecule has 3 rings (SSSR count). The maximum atomic E-state index is 12.0. The first-order valence-corrected chi connectivity index (χ1v) is 8.86. The number of primary amides is 1. The predicted molar refractivity (Wildman–Crippen MR) is 92.4 cm³/mol. The molecule has 1 aliphatic carbocycles. The van der Waals surface area contributed by atoms with Gasteiger partial charge < -0.3 is 5.73 Å². The van der Waals surface area contributed by atoms with Crippen molar-refractivity contribution < 1.29 is 27.4 Å². The fourth-order valence-electron chi connectivity index (χ4n) is 2.41. The molecule has 1 aromatic heterocycles. The Morgan fingerprint density at radius 2 is 1.77 bits per heavy atom. The van der Waals surface area contributed by atoms with Gasteiger partial charge in [0.05, 0.1) is 5.56 Å². The first kappa shape index (κ1) is 19.4. The molecule has 0 fully saturated rings. The lowest BCUT2D eigenvalue weighted by Gasteiger charge is -2.29. The van der Waals surface area contributed by atoms with Crippen molar-refractivity contribution in [1.82, 2.24) is 4.98 Å². The lowest BCUT2D eigenvalue weighted by molar-refractivity contribution is 0.0846. The van der Waals surface area contributed by atoms with E-state index < -0.39 is 38.8 Å². The number of ketones is 2. The van der Waals surface area contributed by atoms with Crippen molar-refractivity contribution in [3.63, 3.8) is 0 Å². The number of benzene rings is 1. The van der Waals surface area contributed by atoms with Crippen LogP contribution in [0.15, 0.2) is 48.8 Å². The summed E-state index contributed by atoms with van der Waals surface area (Å²) in [6.07, 6.45) is 2.50. The maximum absolute atomic E-state index is 12.0. The molecule has 1 heterocycles. The molecule has 0 saturated carbocycles. The van der Waals surface area contributed by atoms with Crippen LogP contribution in [0.1, 0.15) is 44.4 Å². The standard InChI is InChI=1S/C11H10O5S.C6H6N2O/c1-11(17(14,15)16)6-9(12)7-4-2-3-5-8(7)10(11)13;7-6(9)5-2-1-3-8-4-5/h2-5H,6H2,1H3,(H,14,15,16);1-4H,(H2,7,9). The zero-order valence-corrected chi connectivity index (χ0v) is 14.6. The number of nitrogens with two attached hydrogens (primary N) is 1. The van der Waals surface area contributed by atoms with Crippen molar-refractivity contribution >= 4 is 27.6 Å². The molecule has 3 N–H and O–H groups in total. The number of hydrogen-bond acceptors (Lipinski definition) is 6. The normalized spacial score (nSPS) is 19.2. The maximum Gasteiger partial charge on any atom is 0.278 e. The smallest absolute Gasteiger partial charge is 0.278 e. The highest BCUT2D eigenvalue weighted by atomic mass is 32.2. The van der Waals surface area contributed by atoms with E-state index in [-0.39, 0.29) is 11.1 Å². The minimum Gasteiger partial charge on any atom is -0.366 e. The highest BCUT2D eigenvalue weighted by molar-refractivity contribution is 7.88. The zero-order chi connectivity index (χ0) is 19.5. The zero-order valence-electron chi connectivity index (χ0n) is 13.7. The summed E-state index contributed by atoms with van der Waals surface area (Å²) in [5, 5.41) is 0. The van der Waals surface area contributed by atoms with Crippen molar-refractivity contribution in [2.75, 3.05) is 0 Å². The summed E-state index contributed by atoms with van der Waals surface area (Å²) >= 11 is 0. The van der Waals surface area contributed by atoms with Crippen LogP contribution < -0.4 is 5.73 Å². The van der Waals surface area contributed by atoms with Crippen molar-refractivity contribution in [1.29, 1.82) is 0 Å². The summed E-state index contributed by atoms with van der Waals surface area (Å²) in [5.74, 6) is -1.64. The summed E-state index contributed by atoms with van der Waals surface area (Å²) < 4.78 is 29.6. The highest BCUT2D eigenvalue weighted by Crippen LogP contribution is 2.33. The average molecular weight is 376 g/mol. The number of Topliss-reactive ketones (excluding diaryl/α,β-unsaturated/α-hetero) is 2. The monoisotopic (exact) mass is 376 g/mol. The van der Waals surface area contributed by atoms with E-state index in [4.69, 9.17) is 10.3 Å². The number of amides is 1. The lowest BCUT2D eigenvalue weighted by Crippen LogP contribution is -2.48. The minimum absolute atomic E-state index is 0.0453. The number of aromatic nitrogens is 1. The van der Waals surface area contributed by atoms with Crippen molar-refractivity contribution in [3.05, 3.63) is 65.5 Å². The van der Waals surface area contributed by atoms with E-state index in [1.807, 2.05) is 0 Å². The number of carbonyl (C=O) groups excluding carboxylic acids is 3. The van der Waals surface area contributed by atoms with Crippen LogP contribution in [0.2, 0.25) is 0 Å². The number of fused-ring (bicyclic) bond motifs is 1. The summed E-state index contributed by atoms with van der Waals surface area (Å²) in [5.41, 5.74) is 5.63. The Morgan fingerprint density at radius 3 is 2.23 bits per heavy atom. The molecule has 136 valence electrons. The van der Waals surface area contributed by atoms with Gasteiger partial charge in [0.25, 0.3) is 10.1 Å². The van der Waals surface area contributed by atoms with Gasteiger partial charge in [-0.15, -0.1) is 0 Å². The lowest BCUT2D eigenvalue weighted by atomic mass is 9.82. The first-order chi connectivity index (χ1) is 12.1. The van der Waals surface area contributed by atoms with Crippen LogP contribution in [-0.4, -0.2) is 40.2 Å². The molecule has 9 heteroatoms. The van der Waals surface area contributed by atoms with Crippen molar-refractivity contribution in [3.8, 4) is 0 Å². The summed E-state index contributed by atoms with van der Waals surface area (Å²) in [7, 11) is -4.62. The van der Waals surface area contributed by atoms with Gasteiger partial charge in [-0.25, -0.2) is 0 Å². The summed E-state index contributed by atoms with van der Waals surface area (Å²) in [6, 6.07) is 9.28. The SMILES string of the molecule is CC1(S(=O)(=O)O)CC(=O)c2ccccc2C1=O.NC(=O)c1cccnc1. The topological polar surface area (TPSA) is 144 Å². The van der Waals surface area contributed by atoms with Crippen LogP contribution in [-0.2, 0) is 10.1 Å². The molecule has 0 radical (unpaired) electrons. The number of hydrogen-bond donors (Lipinski definition) is 2. The van der Waals surface area contributed by atoms with E-state index >= 15 is 0 Å². The molecule has 8 nitrogen and oxygen atoms in total. The van der Waals surface area contributed by atoms with Gasteiger partial charge in [-0.2, -0.15) is 8.42 Å². The van der Waals surface area contributed by atoms with Crippen LogP contribution in [0.4, 0.5) is 0 Å². The predicted octanol–water partition coefficient (Wildman–Crippen LogP) is 1.28. The molecular formula is C17H16N2O6S. The third kappa shape index (κ3) is 3.68. The van der Waals surface area contributed by atoms with Crippen LogP contribution in [0.3, 0.4) is 0 Å². The Hall–Kier alpha value is -2.91. The molecule has 2 aromatic rings. The second-order valence-electron chi connectivity index (χ2n) is 5.79. The largest absolute Gasteiger partial charge is 0.366 e.